The molecule has 0 saturated heterocycles. The summed E-state index contributed by atoms with van der Waals surface area (Å²) in [4.78, 5) is 12.4. The van der Waals surface area contributed by atoms with Gasteiger partial charge in [0.25, 0.3) is 0 Å². The zero-order valence-electron chi connectivity index (χ0n) is 15.6. The van der Waals surface area contributed by atoms with Crippen molar-refractivity contribution in [2.24, 2.45) is 0 Å². The highest BCUT2D eigenvalue weighted by molar-refractivity contribution is 5.84. The second-order valence-corrected chi connectivity index (χ2v) is 5.86. The van der Waals surface area contributed by atoms with E-state index in [-0.39, 0.29) is 24.5 Å². The summed E-state index contributed by atoms with van der Waals surface area (Å²) in [5.74, 6) is 0.167. The molecule has 0 aromatic heterocycles. The van der Waals surface area contributed by atoms with Crippen LogP contribution in [0.1, 0.15) is 23.7 Å². The first-order valence-corrected chi connectivity index (χ1v) is 8.50. The molecule has 2 rings (SSSR count). The lowest BCUT2D eigenvalue weighted by molar-refractivity contribution is -0.0306. The van der Waals surface area contributed by atoms with Crippen LogP contribution in [0.5, 0.6) is 11.5 Å². The third kappa shape index (κ3) is 5.36. The monoisotopic (exact) mass is 386 g/mol. The molecule has 0 heterocycles. The molecule has 0 aliphatic carbocycles. The van der Waals surface area contributed by atoms with Gasteiger partial charge in [0.15, 0.2) is 17.6 Å². The van der Waals surface area contributed by atoms with Crippen LogP contribution in [-0.4, -0.2) is 43.2 Å². The third-order valence-corrected chi connectivity index (χ3v) is 4.08. The van der Waals surface area contributed by atoms with Gasteiger partial charge in [-0.15, -0.1) is 0 Å². The molecule has 2 aromatic carbocycles. The minimum Gasteiger partial charge on any atom is -0.504 e. The molecule has 0 fully saturated rings. The fourth-order valence-electron chi connectivity index (χ4n) is 2.65. The van der Waals surface area contributed by atoms with Crippen molar-refractivity contribution in [3.8, 4) is 17.6 Å². The van der Waals surface area contributed by atoms with Gasteiger partial charge in [-0.2, -0.15) is 5.26 Å². The summed E-state index contributed by atoms with van der Waals surface area (Å²) in [6.07, 6.45) is -2.04. The van der Waals surface area contributed by atoms with Crippen molar-refractivity contribution in [2.75, 3.05) is 26.1 Å². The Balaban J connectivity index is 2.22. The van der Waals surface area contributed by atoms with E-state index in [0.29, 0.717) is 16.8 Å². The largest absolute Gasteiger partial charge is 0.504 e. The van der Waals surface area contributed by atoms with E-state index in [4.69, 9.17) is 19.5 Å². The van der Waals surface area contributed by atoms with Crippen molar-refractivity contribution >= 4 is 11.8 Å². The molecule has 8 nitrogen and oxygen atoms in total. The number of nitrogens with zero attached hydrogens (tertiary/aromatic N) is 1. The maximum Gasteiger partial charge on any atom is 0.412 e. The number of aromatic hydroxyl groups is 1. The van der Waals surface area contributed by atoms with Gasteiger partial charge in [-0.3, -0.25) is 5.32 Å². The second-order valence-electron chi connectivity index (χ2n) is 5.86. The van der Waals surface area contributed by atoms with Gasteiger partial charge in [0.2, 0.25) is 0 Å². The fourth-order valence-corrected chi connectivity index (χ4v) is 2.65. The second kappa shape index (κ2) is 10.2. The number of amides is 1. The molecule has 8 heteroatoms. The van der Waals surface area contributed by atoms with Crippen LogP contribution in [0.15, 0.2) is 42.5 Å². The van der Waals surface area contributed by atoms with Crippen molar-refractivity contribution in [3.05, 3.63) is 53.6 Å². The fraction of sp³-hybridized carbons (Fsp3) is 0.300. The van der Waals surface area contributed by atoms with Crippen LogP contribution in [0.3, 0.4) is 0 Å². The number of phenolic OH excluding ortho intramolecular Hbond substituents is 1. The van der Waals surface area contributed by atoms with E-state index in [1.807, 2.05) is 6.07 Å². The number of ether oxygens (including phenoxy) is 3. The van der Waals surface area contributed by atoms with Crippen LogP contribution in [-0.2, 0) is 9.47 Å². The zero-order chi connectivity index (χ0) is 20.5. The quantitative estimate of drug-likeness (QED) is 0.638. The first-order valence-electron chi connectivity index (χ1n) is 8.50. The molecule has 0 aliphatic rings. The van der Waals surface area contributed by atoms with E-state index in [0.717, 1.165) is 0 Å². The average molecular weight is 386 g/mol. The summed E-state index contributed by atoms with van der Waals surface area (Å²) in [6.45, 7) is -0.169. The van der Waals surface area contributed by atoms with Crippen LogP contribution >= 0.6 is 0 Å². The highest BCUT2D eigenvalue weighted by Gasteiger charge is 2.28. The maximum atomic E-state index is 12.4. The Morgan fingerprint density at radius 1 is 1.21 bits per heavy atom. The Morgan fingerprint density at radius 2 is 1.93 bits per heavy atom. The molecule has 28 heavy (non-hydrogen) atoms. The van der Waals surface area contributed by atoms with E-state index < -0.39 is 18.3 Å². The van der Waals surface area contributed by atoms with Gasteiger partial charge in [0.05, 0.1) is 18.7 Å². The number of anilines is 1. The summed E-state index contributed by atoms with van der Waals surface area (Å²) < 4.78 is 15.9. The number of hydrogen-bond acceptors (Lipinski definition) is 7. The first-order chi connectivity index (χ1) is 13.5. The van der Waals surface area contributed by atoms with Crippen LogP contribution in [0, 0.1) is 11.3 Å². The molecule has 1 amide bonds. The number of benzene rings is 2. The lowest BCUT2D eigenvalue weighted by Crippen LogP contribution is -2.28. The average Bonchev–Trinajstić information content (AvgIpc) is 2.71. The van der Waals surface area contributed by atoms with Crippen molar-refractivity contribution in [2.45, 2.75) is 18.6 Å². The van der Waals surface area contributed by atoms with Crippen LogP contribution < -0.4 is 10.1 Å². The molecule has 0 spiro atoms. The minimum absolute atomic E-state index is 0.111. The summed E-state index contributed by atoms with van der Waals surface area (Å²) in [5, 5.41) is 30.7. The lowest BCUT2D eigenvalue weighted by Gasteiger charge is -2.26. The Hall–Kier alpha value is -3.28. The first kappa shape index (κ1) is 21.0. The van der Waals surface area contributed by atoms with Crippen LogP contribution in [0.25, 0.3) is 0 Å². The Bertz CT molecular complexity index is 832. The van der Waals surface area contributed by atoms with E-state index in [1.54, 1.807) is 36.4 Å². The lowest BCUT2D eigenvalue weighted by atomic mass is 10.0. The molecular formula is C20H22N2O6. The number of aliphatic hydroxyl groups is 1. The van der Waals surface area contributed by atoms with Crippen molar-refractivity contribution < 1.29 is 29.2 Å². The number of phenols is 1. The minimum atomic E-state index is -0.882. The third-order valence-electron chi connectivity index (χ3n) is 4.08. The summed E-state index contributed by atoms with van der Waals surface area (Å²) in [5.41, 5.74) is 1.40. The van der Waals surface area contributed by atoms with E-state index in [1.165, 1.54) is 20.3 Å². The van der Waals surface area contributed by atoms with Gasteiger partial charge in [-0.1, -0.05) is 6.07 Å². The molecule has 148 valence electrons. The predicted molar refractivity (Wildman–Crippen MR) is 101 cm³/mol. The number of aliphatic hydroxyl groups excluding tert-OH is 1. The summed E-state index contributed by atoms with van der Waals surface area (Å²) in [7, 11) is 2.87. The molecule has 2 atom stereocenters. The standard InChI is InChI=1S/C20H22N2O6/c1-26-17-8-5-14(11-16(17)24)19(18(27-2)9-10-23)28-20(25)22-15-6-3-13(12-21)4-7-15/h3-8,11,18-19,23-24H,9-10H2,1-2H3,(H,22,25)/t18-,19-/m0/s1. The Morgan fingerprint density at radius 3 is 2.46 bits per heavy atom. The molecular weight excluding hydrogens is 364 g/mol. The Labute approximate surface area is 162 Å². The van der Waals surface area contributed by atoms with Gasteiger partial charge < -0.3 is 24.4 Å². The summed E-state index contributed by atoms with van der Waals surface area (Å²) in [6, 6.07) is 12.9. The molecule has 0 bridgehead atoms. The normalized spacial score (nSPS) is 12.5. The highest BCUT2D eigenvalue weighted by atomic mass is 16.6. The van der Waals surface area contributed by atoms with Gasteiger partial charge in [-0.25, -0.2) is 4.79 Å². The number of nitriles is 1. The van der Waals surface area contributed by atoms with Gasteiger partial charge in [-0.05, 0) is 42.0 Å². The number of hydrogen-bond donors (Lipinski definition) is 3. The van der Waals surface area contributed by atoms with E-state index in [2.05, 4.69) is 5.32 Å². The topological polar surface area (TPSA) is 121 Å². The summed E-state index contributed by atoms with van der Waals surface area (Å²) >= 11 is 0. The van der Waals surface area contributed by atoms with Crippen molar-refractivity contribution in [1.82, 2.24) is 0 Å². The van der Waals surface area contributed by atoms with E-state index in [9.17, 15) is 15.0 Å². The number of carbonyl (C=O) groups is 1. The zero-order valence-corrected chi connectivity index (χ0v) is 15.6. The number of carbonyl (C=O) groups excluding carboxylic acids is 1. The Kier molecular flexibility index (Phi) is 7.63. The van der Waals surface area contributed by atoms with Gasteiger partial charge in [0.1, 0.15) is 6.10 Å². The molecule has 0 aliphatic heterocycles. The van der Waals surface area contributed by atoms with Crippen molar-refractivity contribution in [3.63, 3.8) is 0 Å². The smallest absolute Gasteiger partial charge is 0.412 e. The van der Waals surface area contributed by atoms with E-state index >= 15 is 0 Å². The molecule has 0 unspecified atom stereocenters. The number of nitrogens with one attached hydrogen (secondary N) is 1. The highest BCUT2D eigenvalue weighted by Crippen LogP contribution is 2.33. The maximum absolute atomic E-state index is 12.4. The molecule has 0 radical (unpaired) electrons. The predicted octanol–water partition coefficient (Wildman–Crippen LogP) is 2.96. The number of methoxy groups -OCH3 is 2. The molecule has 0 saturated carbocycles. The van der Waals surface area contributed by atoms with Crippen LogP contribution in [0.4, 0.5) is 10.5 Å². The SMILES string of the molecule is COc1ccc([C@H](OC(=O)Nc2ccc(C#N)cc2)[C@H](CCO)OC)cc1O. The number of rotatable bonds is 8. The van der Waals surface area contributed by atoms with Gasteiger partial charge in [0, 0.05) is 25.8 Å². The van der Waals surface area contributed by atoms with Gasteiger partial charge >= 0.3 is 6.09 Å². The molecule has 3 N–H and O–H groups in total. The molecule has 2 aromatic rings. The van der Waals surface area contributed by atoms with Crippen molar-refractivity contribution in [1.29, 1.82) is 5.26 Å². The van der Waals surface area contributed by atoms with Crippen LogP contribution in [0.2, 0.25) is 0 Å².